The minimum absolute atomic E-state index is 0.00495. The summed E-state index contributed by atoms with van der Waals surface area (Å²) >= 11 is 0. The van der Waals surface area contributed by atoms with Gasteiger partial charge in [0.2, 0.25) is 5.78 Å². The highest BCUT2D eigenvalue weighted by molar-refractivity contribution is 6.12. The van der Waals surface area contributed by atoms with Crippen molar-refractivity contribution in [3.8, 4) is 5.75 Å². The van der Waals surface area contributed by atoms with Crippen LogP contribution >= 0.6 is 0 Å². The number of ether oxygens (including phenoxy) is 1. The van der Waals surface area contributed by atoms with Gasteiger partial charge in [0.1, 0.15) is 17.4 Å². The summed E-state index contributed by atoms with van der Waals surface area (Å²) in [5, 5.41) is 0. The Kier molecular flexibility index (Phi) is 5.92. The lowest BCUT2D eigenvalue weighted by Crippen LogP contribution is -2.45. The number of carbonyl (C=O) groups excluding carboxylic acids is 1. The Hall–Kier alpha value is -3.51. The standard InChI is InChI=1S/C27H24F2N2O2/c28-21-9-5-19(6-10-21)24(20-7-11-22(29)12-8-20)17-30-13-15-31(16-14-30)18-26-27(32)23-3-1-2-4-25(23)33-26/h1-12,18,24H,13-17H2/b26-18-. The molecule has 168 valence electrons. The number of halogens is 2. The van der Waals surface area contributed by atoms with Crippen molar-refractivity contribution in [1.82, 2.24) is 9.80 Å². The molecular formula is C27H24F2N2O2. The van der Waals surface area contributed by atoms with Crippen molar-refractivity contribution in [1.29, 1.82) is 0 Å². The molecule has 5 rings (SSSR count). The van der Waals surface area contributed by atoms with E-state index < -0.39 is 0 Å². The van der Waals surface area contributed by atoms with Gasteiger partial charge in [-0.3, -0.25) is 9.69 Å². The van der Waals surface area contributed by atoms with Crippen molar-refractivity contribution in [2.75, 3.05) is 32.7 Å². The number of nitrogens with zero attached hydrogens (tertiary/aromatic N) is 2. The summed E-state index contributed by atoms with van der Waals surface area (Å²) in [6, 6.07) is 20.3. The van der Waals surface area contributed by atoms with E-state index in [2.05, 4.69) is 9.80 Å². The predicted molar refractivity (Wildman–Crippen MR) is 122 cm³/mol. The van der Waals surface area contributed by atoms with Gasteiger partial charge in [-0.05, 0) is 47.5 Å². The molecule has 4 nitrogen and oxygen atoms in total. The first-order valence-electron chi connectivity index (χ1n) is 11.1. The first kappa shape index (κ1) is 21.3. The monoisotopic (exact) mass is 446 g/mol. The number of ketones is 1. The van der Waals surface area contributed by atoms with E-state index in [0.29, 0.717) is 17.1 Å². The van der Waals surface area contributed by atoms with Crippen LogP contribution in [-0.4, -0.2) is 48.3 Å². The summed E-state index contributed by atoms with van der Waals surface area (Å²) in [6.45, 7) is 3.88. The maximum atomic E-state index is 13.5. The summed E-state index contributed by atoms with van der Waals surface area (Å²) in [6.07, 6.45) is 1.82. The lowest BCUT2D eigenvalue weighted by atomic mass is 9.90. The van der Waals surface area contributed by atoms with Gasteiger partial charge in [-0.25, -0.2) is 8.78 Å². The Morgan fingerprint density at radius 1 is 0.818 bits per heavy atom. The Labute approximate surface area is 191 Å². The number of carbonyl (C=O) groups is 1. The van der Waals surface area contributed by atoms with Crippen LogP contribution in [0.25, 0.3) is 0 Å². The van der Waals surface area contributed by atoms with Crippen LogP contribution < -0.4 is 4.74 Å². The van der Waals surface area contributed by atoms with Crippen LogP contribution in [-0.2, 0) is 0 Å². The lowest BCUT2D eigenvalue weighted by molar-refractivity contribution is 0.100. The summed E-state index contributed by atoms with van der Waals surface area (Å²) in [5.41, 5.74) is 2.59. The highest BCUT2D eigenvalue weighted by Crippen LogP contribution is 2.31. The Morgan fingerprint density at radius 2 is 1.39 bits per heavy atom. The zero-order valence-corrected chi connectivity index (χ0v) is 18.1. The molecule has 0 aromatic heterocycles. The average molecular weight is 446 g/mol. The largest absolute Gasteiger partial charge is 0.451 e. The number of para-hydroxylation sites is 1. The van der Waals surface area contributed by atoms with Gasteiger partial charge in [0.05, 0.1) is 5.56 Å². The SMILES string of the molecule is O=C1/C(=C/N2CCN(CC(c3ccc(F)cc3)c3ccc(F)cc3)CC2)Oc2ccccc21. The van der Waals surface area contributed by atoms with Crippen molar-refractivity contribution in [2.24, 2.45) is 0 Å². The second-order valence-electron chi connectivity index (χ2n) is 8.41. The summed E-state index contributed by atoms with van der Waals surface area (Å²) < 4.78 is 32.7. The van der Waals surface area contributed by atoms with E-state index in [9.17, 15) is 13.6 Å². The van der Waals surface area contributed by atoms with E-state index in [-0.39, 0.29) is 23.3 Å². The molecule has 2 heterocycles. The maximum Gasteiger partial charge on any atom is 0.233 e. The van der Waals surface area contributed by atoms with E-state index >= 15 is 0 Å². The number of rotatable bonds is 5. The number of benzene rings is 3. The summed E-state index contributed by atoms with van der Waals surface area (Å²) in [7, 11) is 0. The quantitative estimate of drug-likeness (QED) is 0.526. The smallest absolute Gasteiger partial charge is 0.233 e. The number of hydrogen-bond acceptors (Lipinski definition) is 4. The van der Waals surface area contributed by atoms with Crippen LogP contribution in [0.4, 0.5) is 8.78 Å². The van der Waals surface area contributed by atoms with Gasteiger partial charge in [-0.15, -0.1) is 0 Å². The van der Waals surface area contributed by atoms with Crippen LogP contribution in [0.15, 0.2) is 84.8 Å². The molecule has 1 saturated heterocycles. The molecule has 0 N–H and O–H groups in total. The van der Waals surface area contributed by atoms with Gasteiger partial charge >= 0.3 is 0 Å². The number of hydrogen-bond donors (Lipinski definition) is 0. The molecule has 2 aliphatic heterocycles. The highest BCUT2D eigenvalue weighted by Gasteiger charge is 2.28. The molecule has 3 aromatic rings. The van der Waals surface area contributed by atoms with Crippen LogP contribution in [0.2, 0.25) is 0 Å². The van der Waals surface area contributed by atoms with Crippen LogP contribution in [0.5, 0.6) is 5.75 Å². The molecule has 0 bridgehead atoms. The fourth-order valence-electron chi connectivity index (χ4n) is 4.42. The Balaban J connectivity index is 1.26. The third-order valence-corrected chi connectivity index (χ3v) is 6.27. The third kappa shape index (κ3) is 4.66. The fourth-order valence-corrected chi connectivity index (χ4v) is 4.42. The second-order valence-corrected chi connectivity index (χ2v) is 8.41. The third-order valence-electron chi connectivity index (χ3n) is 6.27. The van der Waals surface area contributed by atoms with Gasteiger partial charge in [0.15, 0.2) is 5.76 Å². The van der Waals surface area contributed by atoms with Gasteiger partial charge in [0.25, 0.3) is 0 Å². The van der Waals surface area contributed by atoms with Crippen molar-refractivity contribution in [3.63, 3.8) is 0 Å². The maximum absolute atomic E-state index is 13.5. The predicted octanol–water partition coefficient (Wildman–Crippen LogP) is 4.83. The topological polar surface area (TPSA) is 32.8 Å². The zero-order chi connectivity index (χ0) is 22.8. The van der Waals surface area contributed by atoms with Crippen LogP contribution in [0.3, 0.4) is 0 Å². The Morgan fingerprint density at radius 3 is 1.97 bits per heavy atom. The molecule has 0 aliphatic carbocycles. The molecule has 6 heteroatoms. The highest BCUT2D eigenvalue weighted by atomic mass is 19.1. The molecule has 0 atom stereocenters. The van der Waals surface area contributed by atoms with Crippen LogP contribution in [0.1, 0.15) is 27.4 Å². The molecule has 33 heavy (non-hydrogen) atoms. The molecule has 0 spiro atoms. The van der Waals surface area contributed by atoms with Crippen LogP contribution in [0, 0.1) is 11.6 Å². The molecule has 2 aliphatic rings. The molecule has 0 radical (unpaired) electrons. The molecule has 0 unspecified atom stereocenters. The minimum Gasteiger partial charge on any atom is -0.451 e. The van der Waals surface area contributed by atoms with Gasteiger partial charge < -0.3 is 9.64 Å². The fraction of sp³-hybridized carbons (Fsp3) is 0.222. The second kappa shape index (κ2) is 9.16. The number of piperazine rings is 1. The van der Waals surface area contributed by atoms with E-state index in [4.69, 9.17) is 4.74 Å². The van der Waals surface area contributed by atoms with Crippen molar-refractivity contribution in [2.45, 2.75) is 5.92 Å². The first-order chi connectivity index (χ1) is 16.1. The molecule has 0 amide bonds. The average Bonchev–Trinajstić information content (AvgIpc) is 3.15. The van der Waals surface area contributed by atoms with Gasteiger partial charge in [-0.2, -0.15) is 0 Å². The molecule has 3 aromatic carbocycles. The van der Waals surface area contributed by atoms with Gasteiger partial charge in [0, 0.05) is 44.8 Å². The molecule has 1 fully saturated rings. The van der Waals surface area contributed by atoms with Crippen molar-refractivity contribution in [3.05, 3.63) is 113 Å². The number of Topliss-reactive ketones (excluding diaryl/α,β-unsaturated/α-hetero) is 1. The van der Waals surface area contributed by atoms with Crippen molar-refractivity contribution >= 4 is 5.78 Å². The van der Waals surface area contributed by atoms with E-state index in [1.54, 1.807) is 36.4 Å². The van der Waals surface area contributed by atoms with Gasteiger partial charge in [-0.1, -0.05) is 36.4 Å². The summed E-state index contributed by atoms with van der Waals surface area (Å²) in [5.74, 6) is 0.341. The van der Waals surface area contributed by atoms with E-state index in [0.717, 1.165) is 43.9 Å². The molecule has 0 saturated carbocycles. The lowest BCUT2D eigenvalue weighted by Gasteiger charge is -2.36. The minimum atomic E-state index is -0.274. The number of allylic oxidation sites excluding steroid dienone is 1. The zero-order valence-electron chi connectivity index (χ0n) is 18.1. The summed E-state index contributed by atoms with van der Waals surface area (Å²) in [4.78, 5) is 17.0. The normalized spacial score (nSPS) is 17.5. The van der Waals surface area contributed by atoms with E-state index in [1.807, 2.05) is 18.3 Å². The molecular weight excluding hydrogens is 422 g/mol. The van der Waals surface area contributed by atoms with E-state index in [1.165, 1.54) is 24.3 Å². The Bertz CT molecular complexity index is 1120. The number of fused-ring (bicyclic) bond motifs is 1. The van der Waals surface area contributed by atoms with Crippen molar-refractivity contribution < 1.29 is 18.3 Å². The first-order valence-corrected chi connectivity index (χ1v) is 11.1.